The van der Waals surface area contributed by atoms with Gasteiger partial charge in [-0.2, -0.15) is 0 Å². The lowest BCUT2D eigenvalue weighted by Gasteiger charge is -2.11. The number of anilines is 1. The zero-order valence-electron chi connectivity index (χ0n) is 10.2. The third kappa shape index (κ3) is 2.98. The highest BCUT2D eigenvalue weighted by Crippen LogP contribution is 2.22. The molecule has 18 heavy (non-hydrogen) atoms. The standard InChI is InChI=1S/C13H16FNO3/c1-2-17-11-6-5-9(8-10(11)14)15-13(16)12-4-3-7-18-12/h5-6,8,12H,2-4,7H2,1H3,(H,15,16). The lowest BCUT2D eigenvalue weighted by molar-refractivity contribution is -0.124. The van der Waals surface area contributed by atoms with Crippen LogP contribution < -0.4 is 10.1 Å². The predicted molar refractivity (Wildman–Crippen MR) is 65.2 cm³/mol. The van der Waals surface area contributed by atoms with Crippen molar-refractivity contribution >= 4 is 11.6 Å². The van der Waals surface area contributed by atoms with Crippen molar-refractivity contribution in [2.75, 3.05) is 18.5 Å². The number of benzene rings is 1. The number of halogens is 1. The second kappa shape index (κ2) is 5.82. The lowest BCUT2D eigenvalue weighted by Crippen LogP contribution is -2.26. The van der Waals surface area contributed by atoms with Crippen LogP contribution in [0.4, 0.5) is 10.1 Å². The maximum absolute atomic E-state index is 13.6. The number of carbonyl (C=O) groups excluding carboxylic acids is 1. The number of hydrogen-bond acceptors (Lipinski definition) is 3. The van der Waals surface area contributed by atoms with Gasteiger partial charge in [-0.25, -0.2) is 4.39 Å². The van der Waals surface area contributed by atoms with E-state index in [0.717, 1.165) is 6.42 Å². The highest BCUT2D eigenvalue weighted by Gasteiger charge is 2.23. The summed E-state index contributed by atoms with van der Waals surface area (Å²) in [4.78, 5) is 11.7. The van der Waals surface area contributed by atoms with Gasteiger partial charge in [-0.05, 0) is 31.9 Å². The maximum atomic E-state index is 13.6. The summed E-state index contributed by atoms with van der Waals surface area (Å²) in [6.07, 6.45) is 1.18. The Kier molecular flexibility index (Phi) is 4.15. The van der Waals surface area contributed by atoms with Crippen LogP contribution in [-0.2, 0) is 9.53 Å². The summed E-state index contributed by atoms with van der Waals surface area (Å²) in [5, 5.41) is 2.63. The molecule has 1 unspecified atom stereocenters. The molecule has 0 aromatic heterocycles. The molecule has 4 nitrogen and oxygen atoms in total. The van der Waals surface area contributed by atoms with E-state index in [9.17, 15) is 9.18 Å². The highest BCUT2D eigenvalue weighted by atomic mass is 19.1. The van der Waals surface area contributed by atoms with Gasteiger partial charge in [-0.1, -0.05) is 0 Å². The molecule has 0 saturated carbocycles. The van der Waals surface area contributed by atoms with Gasteiger partial charge in [0.1, 0.15) is 6.10 Å². The van der Waals surface area contributed by atoms with Crippen LogP contribution in [0.1, 0.15) is 19.8 Å². The molecule has 98 valence electrons. The fourth-order valence-corrected chi connectivity index (χ4v) is 1.86. The minimum Gasteiger partial charge on any atom is -0.491 e. The molecular weight excluding hydrogens is 237 g/mol. The van der Waals surface area contributed by atoms with Crippen molar-refractivity contribution in [1.29, 1.82) is 0 Å². The van der Waals surface area contributed by atoms with Gasteiger partial charge in [-0.15, -0.1) is 0 Å². The van der Waals surface area contributed by atoms with Crippen LogP contribution in [0.15, 0.2) is 18.2 Å². The molecule has 1 aromatic rings. The van der Waals surface area contributed by atoms with Crippen molar-refractivity contribution in [2.24, 2.45) is 0 Å². The molecule has 0 spiro atoms. The Morgan fingerprint density at radius 3 is 3.06 bits per heavy atom. The van der Waals surface area contributed by atoms with E-state index in [1.54, 1.807) is 13.0 Å². The minimum atomic E-state index is -0.484. The Balaban J connectivity index is 2.00. The molecule has 1 fully saturated rings. The van der Waals surface area contributed by atoms with E-state index in [-0.39, 0.29) is 11.7 Å². The van der Waals surface area contributed by atoms with Crippen molar-refractivity contribution in [2.45, 2.75) is 25.9 Å². The average Bonchev–Trinajstić information content (AvgIpc) is 2.86. The van der Waals surface area contributed by atoms with Gasteiger partial charge in [0.2, 0.25) is 0 Å². The van der Waals surface area contributed by atoms with Crippen LogP contribution in [-0.4, -0.2) is 25.2 Å². The van der Waals surface area contributed by atoms with Gasteiger partial charge in [-0.3, -0.25) is 4.79 Å². The minimum absolute atomic E-state index is 0.188. The highest BCUT2D eigenvalue weighted by molar-refractivity contribution is 5.94. The van der Waals surface area contributed by atoms with E-state index in [2.05, 4.69) is 5.32 Å². The number of rotatable bonds is 4. The van der Waals surface area contributed by atoms with Crippen LogP contribution in [0.2, 0.25) is 0 Å². The van der Waals surface area contributed by atoms with E-state index in [1.807, 2.05) is 0 Å². The van der Waals surface area contributed by atoms with Crippen LogP contribution in [0.5, 0.6) is 5.75 Å². The molecule has 2 rings (SSSR count). The topological polar surface area (TPSA) is 47.6 Å². The number of amides is 1. The first-order chi connectivity index (χ1) is 8.70. The van der Waals surface area contributed by atoms with Crippen molar-refractivity contribution in [3.8, 4) is 5.75 Å². The summed E-state index contributed by atoms with van der Waals surface area (Å²) in [5.74, 6) is -0.523. The summed E-state index contributed by atoms with van der Waals surface area (Å²) in [6, 6.07) is 4.36. The van der Waals surface area contributed by atoms with Crippen LogP contribution in [0.3, 0.4) is 0 Å². The Bertz CT molecular complexity index is 430. The van der Waals surface area contributed by atoms with Crippen LogP contribution in [0, 0.1) is 5.82 Å². The molecule has 1 saturated heterocycles. The SMILES string of the molecule is CCOc1ccc(NC(=O)C2CCCO2)cc1F. The largest absolute Gasteiger partial charge is 0.491 e. The third-order valence-electron chi connectivity index (χ3n) is 2.72. The second-order valence-electron chi connectivity index (χ2n) is 4.07. The molecule has 1 aromatic carbocycles. The van der Waals surface area contributed by atoms with Gasteiger partial charge in [0.25, 0.3) is 5.91 Å². The molecular formula is C13H16FNO3. The fraction of sp³-hybridized carbons (Fsp3) is 0.462. The molecule has 1 atom stereocenters. The number of nitrogens with one attached hydrogen (secondary N) is 1. The molecule has 0 radical (unpaired) electrons. The molecule has 1 heterocycles. The molecule has 5 heteroatoms. The zero-order valence-corrected chi connectivity index (χ0v) is 10.2. The van der Waals surface area contributed by atoms with Gasteiger partial charge < -0.3 is 14.8 Å². The zero-order chi connectivity index (χ0) is 13.0. The molecule has 1 amide bonds. The van der Waals surface area contributed by atoms with Crippen molar-refractivity contribution in [1.82, 2.24) is 0 Å². The summed E-state index contributed by atoms with van der Waals surface area (Å²) in [7, 11) is 0. The van der Waals surface area contributed by atoms with Gasteiger partial charge in [0.05, 0.1) is 6.61 Å². The number of carbonyl (C=O) groups is 1. The molecule has 0 aliphatic carbocycles. The van der Waals surface area contributed by atoms with Gasteiger partial charge >= 0.3 is 0 Å². The quantitative estimate of drug-likeness (QED) is 0.896. The molecule has 1 aliphatic rings. The Labute approximate surface area is 105 Å². The molecule has 0 bridgehead atoms. The smallest absolute Gasteiger partial charge is 0.253 e. The van der Waals surface area contributed by atoms with Crippen LogP contribution in [0.25, 0.3) is 0 Å². The first-order valence-electron chi connectivity index (χ1n) is 6.05. The summed E-state index contributed by atoms with van der Waals surface area (Å²) < 4.78 is 23.9. The first kappa shape index (κ1) is 12.8. The maximum Gasteiger partial charge on any atom is 0.253 e. The number of ether oxygens (including phenoxy) is 2. The fourth-order valence-electron chi connectivity index (χ4n) is 1.86. The van der Waals surface area contributed by atoms with E-state index in [1.165, 1.54) is 12.1 Å². The normalized spacial score (nSPS) is 18.7. The van der Waals surface area contributed by atoms with E-state index < -0.39 is 11.9 Å². The summed E-state index contributed by atoms with van der Waals surface area (Å²) >= 11 is 0. The monoisotopic (exact) mass is 253 g/mol. The average molecular weight is 253 g/mol. The first-order valence-corrected chi connectivity index (χ1v) is 6.05. The van der Waals surface area contributed by atoms with E-state index >= 15 is 0 Å². The summed E-state index contributed by atoms with van der Waals surface area (Å²) in [6.45, 7) is 2.79. The Hall–Kier alpha value is -1.62. The Morgan fingerprint density at radius 2 is 2.44 bits per heavy atom. The second-order valence-corrected chi connectivity index (χ2v) is 4.07. The van der Waals surface area contributed by atoms with Crippen molar-refractivity contribution < 1.29 is 18.7 Å². The van der Waals surface area contributed by atoms with Gasteiger partial charge in [0.15, 0.2) is 11.6 Å². The van der Waals surface area contributed by atoms with Crippen LogP contribution >= 0.6 is 0 Å². The van der Waals surface area contributed by atoms with E-state index in [4.69, 9.17) is 9.47 Å². The Morgan fingerprint density at radius 1 is 1.61 bits per heavy atom. The third-order valence-corrected chi connectivity index (χ3v) is 2.72. The molecule has 1 N–H and O–H groups in total. The summed E-state index contributed by atoms with van der Waals surface area (Å²) in [5.41, 5.74) is 0.413. The predicted octanol–water partition coefficient (Wildman–Crippen LogP) is 2.34. The molecule has 1 aliphatic heterocycles. The van der Waals surface area contributed by atoms with Gasteiger partial charge in [0, 0.05) is 18.4 Å². The number of hydrogen-bond donors (Lipinski definition) is 1. The van der Waals surface area contributed by atoms with E-state index in [0.29, 0.717) is 25.3 Å². The van der Waals surface area contributed by atoms with Crippen molar-refractivity contribution in [3.05, 3.63) is 24.0 Å². The lowest BCUT2D eigenvalue weighted by atomic mass is 10.2. The van der Waals surface area contributed by atoms with Crippen molar-refractivity contribution in [3.63, 3.8) is 0 Å².